The molecule has 206 valence electrons. The van der Waals surface area contributed by atoms with Crippen molar-refractivity contribution in [1.29, 1.82) is 0 Å². The van der Waals surface area contributed by atoms with Crippen LogP contribution in [-0.2, 0) is 23.9 Å². The molecule has 0 saturated heterocycles. The summed E-state index contributed by atoms with van der Waals surface area (Å²) in [5.41, 5.74) is -0.728. The van der Waals surface area contributed by atoms with Crippen LogP contribution in [0.4, 0.5) is 0 Å². The van der Waals surface area contributed by atoms with Crippen molar-refractivity contribution in [3.63, 3.8) is 0 Å². The van der Waals surface area contributed by atoms with Gasteiger partial charge in [-0.3, -0.25) is 14.4 Å². The molecular weight excluding hydrogens is 468 g/mol. The maximum Gasteiger partial charge on any atom is 0.302 e. The normalized spacial score (nSPS) is 40.2. The van der Waals surface area contributed by atoms with Crippen LogP contribution < -0.4 is 0 Å². The van der Waals surface area contributed by atoms with Crippen molar-refractivity contribution >= 4 is 17.7 Å². The number of carbonyl (C=O) groups is 3. The van der Waals surface area contributed by atoms with E-state index < -0.39 is 23.2 Å². The molecule has 0 radical (unpaired) electrons. The molecule has 4 aliphatic carbocycles. The van der Waals surface area contributed by atoms with E-state index in [9.17, 15) is 19.5 Å². The molecule has 0 bridgehead atoms. The first-order valence-corrected chi connectivity index (χ1v) is 14.2. The largest absolute Gasteiger partial charge is 0.462 e. The summed E-state index contributed by atoms with van der Waals surface area (Å²) in [6, 6.07) is 0. The molecule has 0 heterocycles. The van der Waals surface area contributed by atoms with Crippen molar-refractivity contribution in [2.45, 2.75) is 111 Å². The third-order valence-electron chi connectivity index (χ3n) is 10.4. The molecule has 6 heteroatoms. The predicted molar refractivity (Wildman–Crippen MR) is 141 cm³/mol. The highest BCUT2D eigenvalue weighted by molar-refractivity contribution is 6.01. The molecule has 0 aromatic heterocycles. The number of carbonyl (C=O) groups excluding carboxylic acids is 3. The first-order valence-electron chi connectivity index (χ1n) is 14.2. The molecule has 1 N–H and O–H groups in total. The van der Waals surface area contributed by atoms with Crippen molar-refractivity contribution in [3.8, 4) is 0 Å². The summed E-state index contributed by atoms with van der Waals surface area (Å²) in [6.07, 6.45) is 10.3. The summed E-state index contributed by atoms with van der Waals surface area (Å²) in [7, 11) is 0. The van der Waals surface area contributed by atoms with Crippen LogP contribution in [0.25, 0.3) is 0 Å². The Balaban J connectivity index is 1.77. The highest BCUT2D eigenvalue weighted by Crippen LogP contribution is 2.68. The van der Waals surface area contributed by atoms with Crippen molar-refractivity contribution in [3.05, 3.63) is 23.8 Å². The number of ketones is 1. The van der Waals surface area contributed by atoms with Gasteiger partial charge in [-0.2, -0.15) is 0 Å². The highest BCUT2D eigenvalue weighted by atomic mass is 16.6. The fourth-order valence-corrected chi connectivity index (χ4v) is 8.94. The standard InChI is InChI=1S/C31H46O6/c1-18(2)9-8-13-30(6,35)28-26(36-19(3)32)16-25-23-11-10-21-15-22(34)12-14-29(21,5)24(23)17-27(31(25,28)7)37-20(4)33/h12,14-15,18,23-28,35H,8-11,13,16-17H2,1-7H3. The molecular formula is C31H46O6. The van der Waals surface area contributed by atoms with Crippen LogP contribution in [0, 0.1) is 40.4 Å². The van der Waals surface area contributed by atoms with E-state index in [0.29, 0.717) is 31.1 Å². The average molecular weight is 515 g/mol. The van der Waals surface area contributed by atoms with Crippen molar-refractivity contribution in [2.24, 2.45) is 40.4 Å². The molecule has 4 aliphatic rings. The van der Waals surface area contributed by atoms with Gasteiger partial charge in [0.2, 0.25) is 0 Å². The summed E-state index contributed by atoms with van der Waals surface area (Å²) < 4.78 is 12.1. The van der Waals surface area contributed by atoms with E-state index in [1.807, 2.05) is 6.92 Å². The zero-order valence-electron chi connectivity index (χ0n) is 23.7. The Hall–Kier alpha value is -1.95. The Bertz CT molecular complexity index is 992. The summed E-state index contributed by atoms with van der Waals surface area (Å²) in [4.78, 5) is 36.9. The Kier molecular flexibility index (Phi) is 7.57. The second-order valence-electron chi connectivity index (χ2n) is 13.3. The van der Waals surface area contributed by atoms with Gasteiger partial charge in [-0.25, -0.2) is 0 Å². The lowest BCUT2D eigenvalue weighted by molar-refractivity contribution is -0.199. The lowest BCUT2D eigenvalue weighted by atomic mass is 9.46. The van der Waals surface area contributed by atoms with Gasteiger partial charge in [0.1, 0.15) is 12.2 Å². The number of hydrogen-bond acceptors (Lipinski definition) is 6. The number of esters is 2. The number of hydrogen-bond donors (Lipinski definition) is 1. The van der Waals surface area contributed by atoms with Crippen LogP contribution in [0.1, 0.15) is 93.4 Å². The van der Waals surface area contributed by atoms with Gasteiger partial charge in [0.15, 0.2) is 5.78 Å². The van der Waals surface area contributed by atoms with Crippen LogP contribution in [0.5, 0.6) is 0 Å². The zero-order valence-corrected chi connectivity index (χ0v) is 23.7. The number of allylic oxidation sites excluding steroid dienone is 4. The van der Waals surface area contributed by atoms with E-state index in [2.05, 4.69) is 33.8 Å². The monoisotopic (exact) mass is 514 g/mol. The summed E-state index contributed by atoms with van der Waals surface area (Å²) in [5, 5.41) is 12.0. The number of fused-ring (bicyclic) bond motifs is 5. The molecule has 0 amide bonds. The van der Waals surface area contributed by atoms with E-state index >= 15 is 0 Å². The molecule has 0 aromatic rings. The van der Waals surface area contributed by atoms with E-state index in [4.69, 9.17) is 9.47 Å². The van der Waals surface area contributed by atoms with Gasteiger partial charge in [-0.05, 0) is 74.9 Å². The van der Waals surface area contributed by atoms with Crippen LogP contribution in [0.3, 0.4) is 0 Å². The Labute approximate surface area is 222 Å². The fraction of sp³-hybridized carbons (Fsp3) is 0.774. The topological polar surface area (TPSA) is 89.9 Å². The van der Waals surface area contributed by atoms with Crippen LogP contribution in [0.15, 0.2) is 23.8 Å². The molecule has 4 rings (SSSR count). The van der Waals surface area contributed by atoms with Crippen molar-refractivity contribution in [2.75, 3.05) is 0 Å². The van der Waals surface area contributed by atoms with Crippen molar-refractivity contribution in [1.82, 2.24) is 0 Å². The Morgan fingerprint density at radius 3 is 2.43 bits per heavy atom. The average Bonchev–Trinajstić information content (AvgIpc) is 3.07. The van der Waals surface area contributed by atoms with Gasteiger partial charge in [0.05, 0.1) is 5.60 Å². The first kappa shape index (κ1) is 28.1. The lowest BCUT2D eigenvalue weighted by Crippen LogP contribution is -2.60. The highest BCUT2D eigenvalue weighted by Gasteiger charge is 2.69. The number of rotatable bonds is 7. The maximum absolute atomic E-state index is 12.4. The predicted octanol–water partition coefficient (Wildman–Crippen LogP) is 5.57. The minimum atomic E-state index is -1.08. The second-order valence-corrected chi connectivity index (χ2v) is 13.3. The smallest absolute Gasteiger partial charge is 0.302 e. The molecule has 6 nitrogen and oxygen atoms in total. The SMILES string of the molecule is CC(=O)OC1CC2C3CCC4=CC(=O)C=CC4(C)C3CC(OC(C)=O)C2(C)C1C(C)(O)CCCC(C)C. The van der Waals surface area contributed by atoms with Gasteiger partial charge in [0.25, 0.3) is 0 Å². The van der Waals surface area contributed by atoms with Crippen LogP contribution in [0.2, 0.25) is 0 Å². The Morgan fingerprint density at radius 2 is 1.81 bits per heavy atom. The lowest BCUT2D eigenvalue weighted by Gasteiger charge is -2.60. The third-order valence-corrected chi connectivity index (χ3v) is 10.4. The summed E-state index contributed by atoms with van der Waals surface area (Å²) in [5.74, 6) is 0.182. The van der Waals surface area contributed by atoms with Gasteiger partial charge in [0, 0.05) is 30.6 Å². The van der Waals surface area contributed by atoms with E-state index in [1.165, 1.54) is 13.8 Å². The number of ether oxygens (including phenoxy) is 2. The number of aliphatic hydroxyl groups is 1. The van der Waals surface area contributed by atoms with Gasteiger partial charge in [-0.1, -0.05) is 52.2 Å². The van der Waals surface area contributed by atoms with Crippen LogP contribution >= 0.6 is 0 Å². The van der Waals surface area contributed by atoms with Gasteiger partial charge >= 0.3 is 11.9 Å². The first-order chi connectivity index (χ1) is 17.2. The molecule has 3 fully saturated rings. The van der Waals surface area contributed by atoms with Crippen molar-refractivity contribution < 1.29 is 29.0 Å². The van der Waals surface area contributed by atoms with Crippen LogP contribution in [-0.4, -0.2) is 40.6 Å². The van der Waals surface area contributed by atoms with E-state index in [-0.39, 0.29) is 40.9 Å². The maximum atomic E-state index is 12.4. The summed E-state index contributed by atoms with van der Waals surface area (Å²) in [6.45, 7) is 13.5. The van der Waals surface area contributed by atoms with E-state index in [1.54, 1.807) is 12.2 Å². The molecule has 0 aliphatic heterocycles. The Morgan fingerprint density at radius 1 is 1.14 bits per heavy atom. The molecule has 37 heavy (non-hydrogen) atoms. The minimum absolute atomic E-state index is 0.0383. The molecule has 0 aromatic carbocycles. The van der Waals surface area contributed by atoms with Gasteiger partial charge < -0.3 is 14.6 Å². The van der Waals surface area contributed by atoms with E-state index in [0.717, 1.165) is 31.3 Å². The second kappa shape index (κ2) is 9.98. The molecule has 0 spiro atoms. The minimum Gasteiger partial charge on any atom is -0.462 e. The molecule has 9 atom stereocenters. The zero-order chi connectivity index (χ0) is 27.3. The summed E-state index contributed by atoms with van der Waals surface area (Å²) >= 11 is 0. The third kappa shape index (κ3) is 4.95. The fourth-order valence-electron chi connectivity index (χ4n) is 8.94. The molecule has 3 saturated carbocycles. The quantitative estimate of drug-likeness (QED) is 0.447. The molecule has 9 unspecified atom stereocenters. The van der Waals surface area contributed by atoms with Gasteiger partial charge in [-0.15, -0.1) is 0 Å².